The van der Waals surface area contributed by atoms with Gasteiger partial charge in [0.1, 0.15) is 12.1 Å². The van der Waals surface area contributed by atoms with Gasteiger partial charge >= 0.3 is 6.03 Å². The highest BCUT2D eigenvalue weighted by molar-refractivity contribution is 6.10. The first kappa shape index (κ1) is 19.4. The van der Waals surface area contributed by atoms with E-state index in [9.17, 15) is 14.4 Å². The fourth-order valence-corrected chi connectivity index (χ4v) is 4.63. The second-order valence-electron chi connectivity index (χ2n) is 8.46. The van der Waals surface area contributed by atoms with Gasteiger partial charge in [-0.2, -0.15) is 0 Å². The molecule has 1 saturated heterocycles. The number of imide groups is 1. The number of carbonyl (C=O) groups excluding carboxylic acids is 3. The lowest BCUT2D eigenvalue weighted by atomic mass is 9.92. The van der Waals surface area contributed by atoms with Crippen LogP contribution in [-0.2, 0) is 22.4 Å². The Kier molecular flexibility index (Phi) is 4.39. The lowest BCUT2D eigenvalue weighted by molar-refractivity contribution is -0.134. The van der Waals surface area contributed by atoms with Gasteiger partial charge in [0.05, 0.1) is 0 Å². The van der Waals surface area contributed by atoms with Crippen molar-refractivity contribution in [2.45, 2.75) is 38.3 Å². The highest BCUT2D eigenvalue weighted by Gasteiger charge is 2.49. The average Bonchev–Trinajstić information content (AvgIpc) is 3.38. The van der Waals surface area contributed by atoms with Crippen LogP contribution in [-0.4, -0.2) is 47.7 Å². The molecule has 3 aliphatic rings. The Morgan fingerprint density at radius 3 is 2.77 bits per heavy atom. The summed E-state index contributed by atoms with van der Waals surface area (Å²) in [5, 5.41) is 2.77. The molecule has 0 saturated carbocycles. The van der Waals surface area contributed by atoms with E-state index >= 15 is 0 Å². The number of amides is 4. The number of hydrogen-bond acceptors (Lipinski definition) is 5. The van der Waals surface area contributed by atoms with E-state index in [1.807, 2.05) is 43.3 Å². The molecule has 2 aromatic rings. The monoisotopic (exact) mass is 421 g/mol. The number of anilines is 1. The number of fused-ring (bicyclic) bond motifs is 2. The summed E-state index contributed by atoms with van der Waals surface area (Å²) in [4.78, 5) is 41.6. The van der Waals surface area contributed by atoms with Crippen LogP contribution in [0.5, 0.6) is 11.5 Å². The first-order valence-electron chi connectivity index (χ1n) is 10.3. The number of urea groups is 1. The number of nitrogens with one attached hydrogen (secondary N) is 1. The van der Waals surface area contributed by atoms with Crippen LogP contribution in [0.2, 0.25) is 0 Å². The van der Waals surface area contributed by atoms with Gasteiger partial charge in [-0.3, -0.25) is 14.5 Å². The predicted octanol–water partition coefficient (Wildman–Crippen LogP) is 2.25. The van der Waals surface area contributed by atoms with Gasteiger partial charge in [0.15, 0.2) is 11.5 Å². The second kappa shape index (κ2) is 7.01. The molecule has 1 fully saturated rings. The number of para-hydroxylation sites is 1. The summed E-state index contributed by atoms with van der Waals surface area (Å²) >= 11 is 0. The highest BCUT2D eigenvalue weighted by atomic mass is 16.7. The molecule has 31 heavy (non-hydrogen) atoms. The number of carbonyl (C=O) groups is 3. The first-order chi connectivity index (χ1) is 14.9. The largest absolute Gasteiger partial charge is 0.454 e. The zero-order valence-electron chi connectivity index (χ0n) is 17.4. The zero-order chi connectivity index (χ0) is 21.8. The van der Waals surface area contributed by atoms with Crippen LogP contribution in [0, 0.1) is 0 Å². The maximum absolute atomic E-state index is 13.2. The third-order valence-electron chi connectivity index (χ3n) is 6.11. The molecular formula is C23H23N3O5. The molecule has 0 aliphatic carbocycles. The lowest BCUT2D eigenvalue weighted by Gasteiger charge is -2.25. The number of ether oxygens (including phenoxy) is 2. The summed E-state index contributed by atoms with van der Waals surface area (Å²) in [5.74, 6) is 0.589. The SMILES string of the molecule is C[C@H]1Cc2ccccc2N1C(=O)CN1C(=O)N[C@@](C)(Cc2ccc3c(c2)OCO3)C1=O. The van der Waals surface area contributed by atoms with E-state index in [4.69, 9.17) is 9.47 Å². The van der Waals surface area contributed by atoms with Crippen molar-refractivity contribution in [2.75, 3.05) is 18.2 Å². The molecule has 8 nitrogen and oxygen atoms in total. The minimum Gasteiger partial charge on any atom is -0.454 e. The Labute approximate surface area is 179 Å². The Morgan fingerprint density at radius 2 is 1.94 bits per heavy atom. The maximum Gasteiger partial charge on any atom is 0.325 e. The van der Waals surface area contributed by atoms with Crippen molar-refractivity contribution >= 4 is 23.5 Å². The molecule has 0 spiro atoms. The summed E-state index contributed by atoms with van der Waals surface area (Å²) in [6.45, 7) is 3.52. The summed E-state index contributed by atoms with van der Waals surface area (Å²) < 4.78 is 10.7. The van der Waals surface area contributed by atoms with E-state index in [1.54, 1.807) is 17.9 Å². The quantitative estimate of drug-likeness (QED) is 0.765. The van der Waals surface area contributed by atoms with Crippen molar-refractivity contribution < 1.29 is 23.9 Å². The van der Waals surface area contributed by atoms with E-state index < -0.39 is 17.5 Å². The van der Waals surface area contributed by atoms with Gasteiger partial charge in [-0.25, -0.2) is 4.79 Å². The van der Waals surface area contributed by atoms with Gasteiger partial charge in [-0.05, 0) is 49.6 Å². The molecule has 0 aromatic heterocycles. The number of hydrogen-bond donors (Lipinski definition) is 1. The smallest absolute Gasteiger partial charge is 0.325 e. The standard InChI is InChI=1S/C23H23N3O5/c1-14-9-16-5-3-4-6-17(16)26(14)20(27)12-25-21(28)23(2,24-22(25)29)11-15-7-8-18-19(10-15)31-13-30-18/h3-8,10,14H,9,11-13H2,1-2H3,(H,24,29)/t14-,23-/m0/s1. The summed E-state index contributed by atoms with van der Waals surface area (Å²) in [6.07, 6.45) is 1.03. The van der Waals surface area contributed by atoms with Gasteiger partial charge in [-0.1, -0.05) is 24.3 Å². The van der Waals surface area contributed by atoms with Crippen molar-refractivity contribution in [1.29, 1.82) is 0 Å². The average molecular weight is 421 g/mol. The molecule has 0 bridgehead atoms. The van der Waals surface area contributed by atoms with Crippen LogP contribution >= 0.6 is 0 Å². The summed E-state index contributed by atoms with van der Waals surface area (Å²) in [6, 6.07) is 12.6. The van der Waals surface area contributed by atoms with Gasteiger partial charge < -0.3 is 19.7 Å². The molecule has 0 radical (unpaired) electrons. The molecule has 2 aromatic carbocycles. The third-order valence-corrected chi connectivity index (χ3v) is 6.11. The van der Waals surface area contributed by atoms with E-state index in [1.165, 1.54) is 0 Å². The third kappa shape index (κ3) is 3.19. The Balaban J connectivity index is 1.33. The predicted molar refractivity (Wildman–Crippen MR) is 112 cm³/mol. The van der Waals surface area contributed by atoms with Crippen molar-refractivity contribution in [1.82, 2.24) is 10.2 Å². The Bertz CT molecular complexity index is 1100. The fraction of sp³-hybridized carbons (Fsp3) is 0.348. The topological polar surface area (TPSA) is 88.2 Å². The molecule has 0 unspecified atom stereocenters. The van der Waals surface area contributed by atoms with Gasteiger partial charge in [0.2, 0.25) is 12.7 Å². The summed E-state index contributed by atoms with van der Waals surface area (Å²) in [7, 11) is 0. The van der Waals surface area contributed by atoms with Gasteiger partial charge in [0, 0.05) is 18.2 Å². The molecule has 8 heteroatoms. The normalized spacial score (nSPS) is 23.9. The van der Waals surface area contributed by atoms with E-state index in [-0.39, 0.29) is 31.7 Å². The van der Waals surface area contributed by atoms with Gasteiger partial charge in [0.25, 0.3) is 5.91 Å². The minimum absolute atomic E-state index is 0.0225. The molecule has 1 N–H and O–H groups in total. The van der Waals surface area contributed by atoms with Crippen molar-refractivity contribution in [3.8, 4) is 11.5 Å². The van der Waals surface area contributed by atoms with E-state index in [2.05, 4.69) is 5.32 Å². The Hall–Kier alpha value is -3.55. The molecule has 2 atom stereocenters. The lowest BCUT2D eigenvalue weighted by Crippen LogP contribution is -2.48. The molecule has 160 valence electrons. The van der Waals surface area contributed by atoms with E-state index in [0.717, 1.165) is 28.1 Å². The summed E-state index contributed by atoms with van der Waals surface area (Å²) in [5.41, 5.74) is 1.62. The maximum atomic E-state index is 13.2. The van der Waals surface area contributed by atoms with Crippen molar-refractivity contribution in [3.63, 3.8) is 0 Å². The van der Waals surface area contributed by atoms with Crippen LogP contribution in [0.1, 0.15) is 25.0 Å². The van der Waals surface area contributed by atoms with E-state index in [0.29, 0.717) is 11.5 Å². The number of benzene rings is 2. The molecular weight excluding hydrogens is 398 g/mol. The second-order valence-corrected chi connectivity index (χ2v) is 8.46. The van der Waals surface area contributed by atoms with Crippen LogP contribution in [0.25, 0.3) is 0 Å². The zero-order valence-corrected chi connectivity index (χ0v) is 17.4. The molecule has 3 heterocycles. The molecule has 4 amide bonds. The number of nitrogens with zero attached hydrogens (tertiary/aromatic N) is 2. The van der Waals surface area contributed by atoms with Crippen LogP contribution in [0.3, 0.4) is 0 Å². The fourth-order valence-electron chi connectivity index (χ4n) is 4.63. The highest BCUT2D eigenvalue weighted by Crippen LogP contribution is 2.35. The Morgan fingerprint density at radius 1 is 1.16 bits per heavy atom. The molecule has 5 rings (SSSR count). The van der Waals surface area contributed by atoms with Crippen molar-refractivity contribution in [3.05, 3.63) is 53.6 Å². The van der Waals surface area contributed by atoms with Crippen LogP contribution < -0.4 is 19.7 Å². The van der Waals surface area contributed by atoms with Crippen LogP contribution in [0.4, 0.5) is 10.5 Å². The van der Waals surface area contributed by atoms with Crippen molar-refractivity contribution in [2.24, 2.45) is 0 Å². The minimum atomic E-state index is -1.14. The number of rotatable bonds is 4. The molecule has 3 aliphatic heterocycles. The first-order valence-corrected chi connectivity index (χ1v) is 10.3. The van der Waals surface area contributed by atoms with Gasteiger partial charge in [-0.15, -0.1) is 0 Å². The van der Waals surface area contributed by atoms with Crippen LogP contribution in [0.15, 0.2) is 42.5 Å².